The molecule has 0 saturated heterocycles. The van der Waals surface area contributed by atoms with Gasteiger partial charge in [-0.05, 0) is 43.9 Å². The average molecular weight is 292 g/mol. The number of hydrogen-bond donors (Lipinski definition) is 1. The van der Waals surface area contributed by atoms with Crippen molar-refractivity contribution in [3.8, 4) is 0 Å². The molecule has 1 aliphatic carbocycles. The fourth-order valence-electron chi connectivity index (χ4n) is 2.60. The van der Waals surface area contributed by atoms with E-state index in [1.54, 1.807) is 13.2 Å². The number of anilines is 2. The molecule has 1 fully saturated rings. The number of carbonyl (C=O) groups is 1. The Balaban J connectivity index is 2.27. The van der Waals surface area contributed by atoms with E-state index < -0.39 is 5.97 Å². The van der Waals surface area contributed by atoms with Gasteiger partial charge in [0.1, 0.15) is 0 Å². The van der Waals surface area contributed by atoms with Gasteiger partial charge in [-0.15, -0.1) is 0 Å². The van der Waals surface area contributed by atoms with Crippen LogP contribution in [0.15, 0.2) is 18.2 Å². The van der Waals surface area contributed by atoms with Crippen LogP contribution in [-0.2, 0) is 9.47 Å². The largest absolute Gasteiger partial charge is 0.465 e. The number of hydrogen-bond acceptors (Lipinski definition) is 5. The summed E-state index contributed by atoms with van der Waals surface area (Å²) in [5, 5.41) is 0. The normalized spacial score (nSPS) is 15.6. The first-order valence-corrected chi connectivity index (χ1v) is 7.32. The number of rotatable bonds is 7. The van der Waals surface area contributed by atoms with E-state index in [2.05, 4.69) is 11.8 Å². The second-order valence-electron chi connectivity index (χ2n) is 5.53. The van der Waals surface area contributed by atoms with Crippen molar-refractivity contribution in [3.63, 3.8) is 0 Å². The molecule has 5 heteroatoms. The molecular weight excluding hydrogens is 268 g/mol. The molecule has 1 aromatic carbocycles. The molecule has 0 bridgehead atoms. The van der Waals surface area contributed by atoms with E-state index in [9.17, 15) is 4.79 Å². The maximum atomic E-state index is 11.8. The number of ether oxygens (including phenoxy) is 2. The van der Waals surface area contributed by atoms with E-state index in [1.807, 2.05) is 12.1 Å². The summed E-state index contributed by atoms with van der Waals surface area (Å²) in [7, 11) is 3.06. The van der Waals surface area contributed by atoms with Crippen LogP contribution in [0.1, 0.15) is 30.1 Å². The molecule has 0 spiro atoms. The molecular formula is C16H24N2O3. The van der Waals surface area contributed by atoms with Crippen LogP contribution in [0.4, 0.5) is 11.4 Å². The van der Waals surface area contributed by atoms with E-state index in [-0.39, 0.29) is 0 Å². The molecule has 0 aromatic heterocycles. The Morgan fingerprint density at radius 2 is 2.14 bits per heavy atom. The van der Waals surface area contributed by atoms with Gasteiger partial charge in [0.15, 0.2) is 0 Å². The van der Waals surface area contributed by atoms with Crippen molar-refractivity contribution >= 4 is 17.3 Å². The first-order chi connectivity index (χ1) is 10.1. The fourth-order valence-corrected chi connectivity index (χ4v) is 2.60. The van der Waals surface area contributed by atoms with Crippen LogP contribution in [0.5, 0.6) is 0 Å². The lowest BCUT2D eigenvalue weighted by atomic mass is 10.1. The van der Waals surface area contributed by atoms with E-state index in [1.165, 1.54) is 20.0 Å². The summed E-state index contributed by atoms with van der Waals surface area (Å²) in [4.78, 5) is 14.1. The maximum absolute atomic E-state index is 11.8. The summed E-state index contributed by atoms with van der Waals surface area (Å²) in [6, 6.07) is 5.96. The van der Waals surface area contributed by atoms with Gasteiger partial charge in [0.25, 0.3) is 0 Å². The Kier molecular flexibility index (Phi) is 5.07. The van der Waals surface area contributed by atoms with Crippen molar-refractivity contribution in [3.05, 3.63) is 23.8 Å². The van der Waals surface area contributed by atoms with E-state index in [4.69, 9.17) is 15.2 Å². The molecule has 1 aliphatic rings. The predicted molar refractivity (Wildman–Crippen MR) is 83.6 cm³/mol. The molecule has 0 amide bonds. The maximum Gasteiger partial charge on any atom is 0.340 e. The van der Waals surface area contributed by atoms with Crippen LogP contribution in [-0.4, -0.2) is 39.4 Å². The number of nitrogen functional groups attached to an aromatic ring is 1. The Labute approximate surface area is 126 Å². The number of esters is 1. The van der Waals surface area contributed by atoms with Crippen LogP contribution in [0.2, 0.25) is 0 Å². The minimum Gasteiger partial charge on any atom is -0.465 e. The van der Waals surface area contributed by atoms with Gasteiger partial charge >= 0.3 is 5.97 Å². The molecule has 116 valence electrons. The van der Waals surface area contributed by atoms with Crippen LogP contribution in [0.25, 0.3) is 0 Å². The molecule has 1 saturated carbocycles. The third-order valence-electron chi connectivity index (χ3n) is 4.11. The number of methoxy groups -OCH3 is 2. The van der Waals surface area contributed by atoms with Crippen molar-refractivity contribution in [2.75, 3.05) is 38.0 Å². The Morgan fingerprint density at radius 3 is 2.71 bits per heavy atom. The second kappa shape index (κ2) is 6.80. The Hall–Kier alpha value is -1.75. The average Bonchev–Trinajstić information content (AvgIpc) is 3.32. The minimum atomic E-state index is -0.403. The van der Waals surface area contributed by atoms with Crippen molar-refractivity contribution in [1.29, 1.82) is 0 Å². The zero-order chi connectivity index (χ0) is 15.4. The second-order valence-corrected chi connectivity index (χ2v) is 5.53. The van der Waals surface area contributed by atoms with Crippen molar-refractivity contribution in [2.45, 2.75) is 25.8 Å². The monoisotopic (exact) mass is 292 g/mol. The molecule has 5 nitrogen and oxygen atoms in total. The van der Waals surface area contributed by atoms with Gasteiger partial charge in [-0.3, -0.25) is 0 Å². The molecule has 2 N–H and O–H groups in total. The molecule has 1 unspecified atom stereocenters. The molecule has 21 heavy (non-hydrogen) atoms. The summed E-state index contributed by atoms with van der Waals surface area (Å²) in [6.45, 7) is 3.66. The number of nitrogens with two attached hydrogens (primary N) is 1. The molecule has 1 atom stereocenters. The molecule has 2 rings (SSSR count). The van der Waals surface area contributed by atoms with Crippen LogP contribution in [0, 0.1) is 5.92 Å². The fraction of sp³-hybridized carbons (Fsp3) is 0.562. The summed E-state index contributed by atoms with van der Waals surface area (Å²) in [6.07, 6.45) is 2.53. The van der Waals surface area contributed by atoms with E-state index in [0.29, 0.717) is 23.9 Å². The van der Waals surface area contributed by atoms with Crippen molar-refractivity contribution in [1.82, 2.24) is 0 Å². The summed E-state index contributed by atoms with van der Waals surface area (Å²) >= 11 is 0. The topological polar surface area (TPSA) is 64.8 Å². The van der Waals surface area contributed by atoms with Gasteiger partial charge in [0.2, 0.25) is 0 Å². The zero-order valence-electron chi connectivity index (χ0n) is 13.0. The predicted octanol–water partition coefficient (Wildman–Crippen LogP) is 2.31. The zero-order valence-corrected chi connectivity index (χ0v) is 13.0. The Bertz CT molecular complexity index is 500. The third kappa shape index (κ3) is 3.67. The number of carbonyl (C=O) groups excluding carboxylic acids is 1. The highest BCUT2D eigenvalue weighted by Crippen LogP contribution is 2.37. The van der Waals surface area contributed by atoms with Gasteiger partial charge in [-0.25, -0.2) is 4.79 Å². The van der Waals surface area contributed by atoms with E-state index >= 15 is 0 Å². The minimum absolute atomic E-state index is 0.403. The van der Waals surface area contributed by atoms with E-state index in [0.717, 1.165) is 18.2 Å². The highest BCUT2D eigenvalue weighted by atomic mass is 16.5. The molecule has 0 radical (unpaired) electrons. The smallest absolute Gasteiger partial charge is 0.340 e. The van der Waals surface area contributed by atoms with Crippen molar-refractivity contribution < 1.29 is 14.3 Å². The van der Waals surface area contributed by atoms with Crippen molar-refractivity contribution in [2.24, 2.45) is 5.92 Å². The third-order valence-corrected chi connectivity index (χ3v) is 4.11. The summed E-state index contributed by atoms with van der Waals surface area (Å²) in [5.74, 6) is 0.320. The standard InChI is InChI=1S/C16H24N2O3/c1-11(12-4-5-12)18(8-9-20-2)13-6-7-15(17)14(10-13)16(19)21-3/h6-7,10-12H,4-5,8-9,17H2,1-3H3. The number of benzene rings is 1. The molecule has 0 aliphatic heterocycles. The highest BCUT2D eigenvalue weighted by Gasteiger charge is 2.32. The van der Waals surface area contributed by atoms with Gasteiger partial charge in [0.05, 0.1) is 19.3 Å². The number of nitrogens with zero attached hydrogens (tertiary/aromatic N) is 1. The van der Waals surface area contributed by atoms with Gasteiger partial charge in [-0.2, -0.15) is 0 Å². The summed E-state index contributed by atoms with van der Waals surface area (Å²) in [5.41, 5.74) is 7.72. The van der Waals surface area contributed by atoms with Gasteiger partial charge < -0.3 is 20.1 Å². The first-order valence-electron chi connectivity index (χ1n) is 7.32. The first kappa shape index (κ1) is 15.6. The Morgan fingerprint density at radius 1 is 1.43 bits per heavy atom. The highest BCUT2D eigenvalue weighted by molar-refractivity contribution is 5.96. The molecule has 0 heterocycles. The SMILES string of the molecule is COCCN(c1ccc(N)c(C(=O)OC)c1)C(C)C1CC1. The van der Waals surface area contributed by atoms with Gasteiger partial charge in [0, 0.05) is 31.1 Å². The molecule has 1 aromatic rings. The lowest BCUT2D eigenvalue weighted by Crippen LogP contribution is -2.37. The summed E-state index contributed by atoms with van der Waals surface area (Å²) < 4.78 is 10.00. The lowest BCUT2D eigenvalue weighted by Gasteiger charge is -2.32. The van der Waals surface area contributed by atoms with Crippen LogP contribution in [0.3, 0.4) is 0 Å². The quantitative estimate of drug-likeness (QED) is 0.617. The van der Waals surface area contributed by atoms with Crippen LogP contribution < -0.4 is 10.6 Å². The lowest BCUT2D eigenvalue weighted by molar-refractivity contribution is 0.0602. The van der Waals surface area contributed by atoms with Gasteiger partial charge in [-0.1, -0.05) is 0 Å². The van der Waals surface area contributed by atoms with Crippen LogP contribution >= 0.6 is 0 Å².